The van der Waals surface area contributed by atoms with Crippen LogP contribution in [0.2, 0.25) is 0 Å². The Morgan fingerprint density at radius 2 is 1.56 bits per heavy atom. The van der Waals surface area contributed by atoms with Crippen molar-refractivity contribution in [2.45, 2.75) is 19.3 Å². The molecule has 2 aliphatic rings. The SMILES string of the molecule is NCCCC(=O)N1CCN(c2nc(N3CCOCC3)nc(-n3c(C(F)F)nc4ccccc43)n2)CC1. The number of hydrogen-bond donors (Lipinski definition) is 1. The van der Waals surface area contributed by atoms with E-state index < -0.39 is 12.2 Å². The van der Waals surface area contributed by atoms with Crippen LogP contribution in [0.1, 0.15) is 25.1 Å². The molecule has 0 bridgehead atoms. The van der Waals surface area contributed by atoms with E-state index in [-0.39, 0.29) is 11.9 Å². The van der Waals surface area contributed by atoms with Gasteiger partial charge in [-0.15, -0.1) is 0 Å². The van der Waals surface area contributed by atoms with E-state index in [9.17, 15) is 13.6 Å². The van der Waals surface area contributed by atoms with Gasteiger partial charge in [-0.25, -0.2) is 13.8 Å². The Bertz CT molecular complexity index is 1210. The minimum Gasteiger partial charge on any atom is -0.378 e. The average Bonchev–Trinajstić information content (AvgIpc) is 3.32. The summed E-state index contributed by atoms with van der Waals surface area (Å²) in [5.41, 5.74) is 6.46. The van der Waals surface area contributed by atoms with Crippen molar-refractivity contribution < 1.29 is 18.3 Å². The molecule has 5 rings (SSSR count). The van der Waals surface area contributed by atoms with Gasteiger partial charge in [0.15, 0.2) is 5.82 Å². The second-order valence-corrected chi connectivity index (χ2v) is 8.69. The lowest BCUT2D eigenvalue weighted by Crippen LogP contribution is -2.49. The van der Waals surface area contributed by atoms with Gasteiger partial charge in [-0.3, -0.25) is 9.36 Å². The number of nitrogens with two attached hydrogens (primary N) is 1. The van der Waals surface area contributed by atoms with E-state index >= 15 is 0 Å². The molecule has 3 aromatic rings. The molecule has 192 valence electrons. The fraction of sp³-hybridized carbons (Fsp3) is 0.522. The molecular formula is C23H29F2N9O2. The van der Waals surface area contributed by atoms with Gasteiger partial charge >= 0.3 is 0 Å². The minimum atomic E-state index is -2.81. The third-order valence-corrected chi connectivity index (χ3v) is 6.39. The second kappa shape index (κ2) is 10.7. The van der Waals surface area contributed by atoms with E-state index in [1.54, 1.807) is 24.3 Å². The summed E-state index contributed by atoms with van der Waals surface area (Å²) >= 11 is 0. The molecule has 2 fully saturated rings. The highest BCUT2D eigenvalue weighted by Crippen LogP contribution is 2.28. The molecule has 36 heavy (non-hydrogen) atoms. The molecule has 0 unspecified atom stereocenters. The maximum absolute atomic E-state index is 14.0. The largest absolute Gasteiger partial charge is 0.378 e. The van der Waals surface area contributed by atoms with Gasteiger partial charge in [0.1, 0.15) is 0 Å². The molecule has 1 aromatic carbocycles. The highest BCUT2D eigenvalue weighted by atomic mass is 19.3. The number of benzene rings is 1. The summed E-state index contributed by atoms with van der Waals surface area (Å²) in [6.07, 6.45) is -1.73. The van der Waals surface area contributed by atoms with Crippen molar-refractivity contribution in [2.24, 2.45) is 5.73 Å². The van der Waals surface area contributed by atoms with E-state index in [1.165, 1.54) is 4.57 Å². The summed E-state index contributed by atoms with van der Waals surface area (Å²) in [4.78, 5) is 36.2. The Balaban J connectivity index is 1.51. The van der Waals surface area contributed by atoms with Crippen LogP contribution in [0.25, 0.3) is 17.0 Å². The number of piperazine rings is 1. The first-order chi connectivity index (χ1) is 17.5. The third-order valence-electron chi connectivity index (χ3n) is 6.39. The van der Waals surface area contributed by atoms with E-state index in [0.29, 0.717) is 94.8 Å². The minimum absolute atomic E-state index is 0.0805. The second-order valence-electron chi connectivity index (χ2n) is 8.69. The van der Waals surface area contributed by atoms with Crippen LogP contribution in [0.15, 0.2) is 24.3 Å². The normalized spacial score (nSPS) is 16.8. The first-order valence-electron chi connectivity index (χ1n) is 12.1. The number of carbonyl (C=O) groups excluding carboxylic acids is 1. The Morgan fingerprint density at radius 3 is 2.22 bits per heavy atom. The van der Waals surface area contributed by atoms with E-state index in [0.717, 1.165) is 0 Å². The van der Waals surface area contributed by atoms with Crippen molar-refractivity contribution in [3.63, 3.8) is 0 Å². The van der Waals surface area contributed by atoms with Gasteiger partial charge in [0.25, 0.3) is 6.43 Å². The predicted molar refractivity (Wildman–Crippen MR) is 130 cm³/mol. The van der Waals surface area contributed by atoms with Crippen molar-refractivity contribution in [3.05, 3.63) is 30.1 Å². The van der Waals surface area contributed by atoms with Gasteiger partial charge in [-0.1, -0.05) is 12.1 Å². The van der Waals surface area contributed by atoms with E-state index in [4.69, 9.17) is 15.5 Å². The molecule has 2 saturated heterocycles. The van der Waals surface area contributed by atoms with Crippen molar-refractivity contribution in [2.75, 3.05) is 68.8 Å². The number of aromatic nitrogens is 5. The van der Waals surface area contributed by atoms with Crippen LogP contribution in [0, 0.1) is 0 Å². The lowest BCUT2D eigenvalue weighted by atomic mass is 10.2. The van der Waals surface area contributed by atoms with Gasteiger partial charge in [-0.2, -0.15) is 15.0 Å². The molecule has 4 heterocycles. The number of ether oxygens (including phenoxy) is 1. The van der Waals surface area contributed by atoms with E-state index in [2.05, 4.69) is 15.0 Å². The molecule has 0 radical (unpaired) electrons. The number of rotatable bonds is 7. The first kappa shape index (κ1) is 24.3. The number of anilines is 2. The zero-order valence-electron chi connectivity index (χ0n) is 19.9. The molecule has 0 spiro atoms. The number of nitrogens with zero attached hydrogens (tertiary/aromatic N) is 8. The summed E-state index contributed by atoms with van der Waals surface area (Å²) in [5, 5.41) is 0. The van der Waals surface area contributed by atoms with E-state index in [1.807, 2.05) is 14.7 Å². The molecule has 2 aromatic heterocycles. The summed E-state index contributed by atoms with van der Waals surface area (Å²) < 4.78 is 34.8. The van der Waals surface area contributed by atoms with Crippen LogP contribution in [0.5, 0.6) is 0 Å². The van der Waals surface area contributed by atoms with Gasteiger partial charge in [0.05, 0.1) is 24.2 Å². The summed E-state index contributed by atoms with van der Waals surface area (Å²) in [6.45, 7) is 4.78. The van der Waals surface area contributed by atoms with Crippen molar-refractivity contribution >= 4 is 28.8 Å². The van der Waals surface area contributed by atoms with Gasteiger partial charge in [0, 0.05) is 45.7 Å². The van der Waals surface area contributed by atoms with Crippen molar-refractivity contribution in [1.29, 1.82) is 0 Å². The maximum Gasteiger partial charge on any atom is 0.296 e. The Hall–Kier alpha value is -3.45. The smallest absolute Gasteiger partial charge is 0.296 e. The summed E-state index contributed by atoms with van der Waals surface area (Å²) in [6, 6.07) is 6.92. The first-order valence-corrected chi connectivity index (χ1v) is 12.1. The van der Waals surface area contributed by atoms with Crippen LogP contribution in [-0.4, -0.2) is 94.3 Å². The standard InChI is InChI=1S/C23H29F2N9O2/c24-19(25)20-27-16-4-1-2-5-17(16)34(20)23-29-21(28-22(30-23)33-12-14-36-15-13-33)32-10-8-31(9-11-32)18(35)6-3-7-26/h1-2,4-5,19H,3,6-15,26H2. The molecule has 2 N–H and O–H groups in total. The fourth-order valence-corrected chi connectivity index (χ4v) is 4.46. The zero-order chi connectivity index (χ0) is 25.1. The molecule has 2 aliphatic heterocycles. The van der Waals surface area contributed by atoms with Gasteiger partial charge in [-0.05, 0) is 25.1 Å². The van der Waals surface area contributed by atoms with Crippen molar-refractivity contribution in [3.8, 4) is 5.95 Å². The third kappa shape index (κ3) is 4.93. The Morgan fingerprint density at radius 1 is 0.917 bits per heavy atom. The quantitative estimate of drug-likeness (QED) is 0.512. The van der Waals surface area contributed by atoms with Crippen LogP contribution >= 0.6 is 0 Å². The van der Waals surface area contributed by atoms with Crippen molar-refractivity contribution in [1.82, 2.24) is 29.4 Å². The van der Waals surface area contributed by atoms with Crippen LogP contribution in [0.3, 0.4) is 0 Å². The number of morpholine rings is 1. The number of amides is 1. The van der Waals surface area contributed by atoms with Gasteiger partial charge in [0.2, 0.25) is 23.8 Å². The predicted octanol–water partition coefficient (Wildman–Crippen LogP) is 1.37. The molecule has 11 nitrogen and oxygen atoms in total. The lowest BCUT2D eigenvalue weighted by Gasteiger charge is -2.35. The number of alkyl halides is 2. The molecular weight excluding hydrogens is 472 g/mol. The van der Waals surface area contributed by atoms with Crippen LogP contribution < -0.4 is 15.5 Å². The number of carbonyl (C=O) groups is 1. The zero-order valence-corrected chi connectivity index (χ0v) is 19.9. The number of hydrogen-bond acceptors (Lipinski definition) is 9. The number of para-hydroxylation sites is 2. The summed E-state index contributed by atoms with van der Waals surface area (Å²) in [7, 11) is 0. The highest BCUT2D eigenvalue weighted by molar-refractivity contribution is 5.78. The molecule has 0 atom stereocenters. The number of halogens is 2. The topological polar surface area (TPSA) is 119 Å². The molecule has 0 saturated carbocycles. The number of imidazole rings is 1. The molecule has 13 heteroatoms. The monoisotopic (exact) mass is 501 g/mol. The average molecular weight is 502 g/mol. The lowest BCUT2D eigenvalue weighted by molar-refractivity contribution is -0.131. The molecule has 0 aliphatic carbocycles. The Kier molecular flexibility index (Phi) is 7.18. The van der Waals surface area contributed by atoms with Crippen LogP contribution in [-0.2, 0) is 9.53 Å². The van der Waals surface area contributed by atoms with Crippen LogP contribution in [0.4, 0.5) is 20.7 Å². The van der Waals surface area contributed by atoms with Gasteiger partial charge < -0.3 is 25.2 Å². The maximum atomic E-state index is 14.0. The molecule has 1 amide bonds. The summed E-state index contributed by atoms with van der Waals surface area (Å²) in [5.74, 6) is 0.534. The number of fused-ring (bicyclic) bond motifs is 1. The Labute approximate surface area is 206 Å². The fourth-order valence-electron chi connectivity index (χ4n) is 4.46. The highest BCUT2D eigenvalue weighted by Gasteiger charge is 2.27.